The van der Waals surface area contributed by atoms with E-state index < -0.39 is 0 Å². The van der Waals surface area contributed by atoms with Crippen LogP contribution in [0.25, 0.3) is 0 Å². The molecule has 2 N–H and O–H groups in total. The van der Waals surface area contributed by atoms with Crippen LogP contribution in [0, 0.1) is 19.8 Å². The summed E-state index contributed by atoms with van der Waals surface area (Å²) in [5.41, 5.74) is 4.49. The summed E-state index contributed by atoms with van der Waals surface area (Å²) in [5.74, 6) is 0.261. The first-order valence-electron chi connectivity index (χ1n) is 12.6. The van der Waals surface area contributed by atoms with Crippen LogP contribution in [0.3, 0.4) is 0 Å². The number of anilines is 1. The molecule has 0 atom stereocenters. The smallest absolute Gasteiger partial charge is 0.238 e. The highest BCUT2D eigenvalue weighted by Crippen LogP contribution is 2.20. The largest absolute Gasteiger partial charge is 0.353 e. The highest BCUT2D eigenvalue weighted by atomic mass is 16.2. The molecular formula is C28H38N4O2. The molecule has 2 fully saturated rings. The Morgan fingerprint density at radius 1 is 0.853 bits per heavy atom. The van der Waals surface area contributed by atoms with Gasteiger partial charge in [0.1, 0.15) is 0 Å². The van der Waals surface area contributed by atoms with Gasteiger partial charge in [-0.2, -0.15) is 0 Å². The number of benzene rings is 2. The van der Waals surface area contributed by atoms with E-state index in [1.54, 1.807) is 0 Å². The van der Waals surface area contributed by atoms with Crippen LogP contribution in [-0.2, 0) is 16.1 Å². The quantitative estimate of drug-likeness (QED) is 0.658. The van der Waals surface area contributed by atoms with E-state index in [0.717, 1.165) is 75.2 Å². The zero-order chi connectivity index (χ0) is 23.9. The second kappa shape index (κ2) is 11.6. The Labute approximate surface area is 203 Å². The van der Waals surface area contributed by atoms with E-state index in [9.17, 15) is 9.59 Å². The van der Waals surface area contributed by atoms with Gasteiger partial charge < -0.3 is 10.6 Å². The van der Waals surface area contributed by atoms with Crippen molar-refractivity contribution in [2.24, 2.45) is 5.92 Å². The molecule has 4 rings (SSSR count). The molecule has 2 aromatic rings. The molecule has 6 heteroatoms. The van der Waals surface area contributed by atoms with Crippen LogP contribution < -0.4 is 10.6 Å². The summed E-state index contributed by atoms with van der Waals surface area (Å²) in [5, 5.41) is 6.32. The number of hydrogen-bond donors (Lipinski definition) is 2. The molecule has 0 saturated carbocycles. The third-order valence-electron chi connectivity index (χ3n) is 7.01. The maximum atomic E-state index is 12.9. The zero-order valence-corrected chi connectivity index (χ0v) is 20.6. The first kappa shape index (κ1) is 24.4. The fourth-order valence-electron chi connectivity index (χ4n) is 5.20. The summed E-state index contributed by atoms with van der Waals surface area (Å²) in [6.07, 6.45) is 3.65. The summed E-state index contributed by atoms with van der Waals surface area (Å²) in [7, 11) is 0. The molecule has 0 bridgehead atoms. The number of piperidine rings is 2. The van der Waals surface area contributed by atoms with Gasteiger partial charge in [-0.05, 0) is 81.4 Å². The Hall–Kier alpha value is -2.70. The molecule has 0 radical (unpaired) electrons. The van der Waals surface area contributed by atoms with Gasteiger partial charge in [-0.3, -0.25) is 19.4 Å². The highest BCUT2D eigenvalue weighted by molar-refractivity contribution is 5.92. The lowest BCUT2D eigenvalue weighted by Gasteiger charge is -2.35. The van der Waals surface area contributed by atoms with Crippen LogP contribution >= 0.6 is 0 Å². The minimum Gasteiger partial charge on any atom is -0.353 e. The van der Waals surface area contributed by atoms with E-state index in [0.29, 0.717) is 6.54 Å². The van der Waals surface area contributed by atoms with Crippen LogP contribution in [0.4, 0.5) is 5.69 Å². The number of carbonyl (C=O) groups excluding carboxylic acids is 2. The summed E-state index contributed by atoms with van der Waals surface area (Å²) >= 11 is 0. The molecule has 2 amide bonds. The maximum absolute atomic E-state index is 12.9. The molecule has 2 aromatic carbocycles. The second-order valence-electron chi connectivity index (χ2n) is 10.0. The van der Waals surface area contributed by atoms with Gasteiger partial charge in [-0.25, -0.2) is 0 Å². The Morgan fingerprint density at radius 2 is 1.47 bits per heavy atom. The lowest BCUT2D eigenvalue weighted by atomic mass is 9.94. The van der Waals surface area contributed by atoms with Gasteiger partial charge in [-0.15, -0.1) is 0 Å². The normalized spacial score (nSPS) is 18.5. The second-order valence-corrected chi connectivity index (χ2v) is 10.0. The lowest BCUT2D eigenvalue weighted by molar-refractivity contribution is -0.127. The Balaban J connectivity index is 1.14. The van der Waals surface area contributed by atoms with Gasteiger partial charge in [0.2, 0.25) is 11.8 Å². The predicted molar refractivity (Wildman–Crippen MR) is 137 cm³/mol. The molecule has 0 aromatic heterocycles. The van der Waals surface area contributed by atoms with Crippen molar-refractivity contribution in [3.63, 3.8) is 0 Å². The van der Waals surface area contributed by atoms with Crippen molar-refractivity contribution in [1.82, 2.24) is 15.1 Å². The molecule has 0 aliphatic carbocycles. The lowest BCUT2D eigenvalue weighted by Crippen LogP contribution is -2.48. The minimum atomic E-state index is 0.00941. The molecule has 34 heavy (non-hydrogen) atoms. The molecule has 2 aliphatic heterocycles. The van der Waals surface area contributed by atoms with Crippen LogP contribution in [0.2, 0.25) is 0 Å². The third-order valence-corrected chi connectivity index (χ3v) is 7.01. The number of nitrogens with one attached hydrogen (secondary N) is 2. The topological polar surface area (TPSA) is 64.7 Å². The minimum absolute atomic E-state index is 0.00941. The van der Waals surface area contributed by atoms with Gasteiger partial charge in [0.25, 0.3) is 0 Å². The SMILES string of the molecule is Cc1cc(C)cc(NC(=O)CN2CCC(C(=O)NC3CCN(Cc4ccccc4)CC3)CC2)c1. The average molecular weight is 463 g/mol. The highest BCUT2D eigenvalue weighted by Gasteiger charge is 2.28. The molecule has 2 heterocycles. The van der Waals surface area contributed by atoms with Crippen molar-refractivity contribution in [3.8, 4) is 0 Å². The molecule has 2 aliphatic rings. The number of amides is 2. The van der Waals surface area contributed by atoms with Crippen molar-refractivity contribution in [1.29, 1.82) is 0 Å². The van der Waals surface area contributed by atoms with E-state index in [1.807, 2.05) is 26.0 Å². The molecule has 2 saturated heterocycles. The first-order chi connectivity index (χ1) is 16.4. The summed E-state index contributed by atoms with van der Waals surface area (Å²) in [6.45, 7) is 9.04. The van der Waals surface area contributed by atoms with Crippen molar-refractivity contribution >= 4 is 17.5 Å². The predicted octanol–water partition coefficient (Wildman–Crippen LogP) is 3.73. The number of nitrogens with zero attached hydrogens (tertiary/aromatic N) is 2. The average Bonchev–Trinajstić information content (AvgIpc) is 2.81. The number of rotatable bonds is 7. The first-order valence-corrected chi connectivity index (χ1v) is 12.6. The fraction of sp³-hybridized carbons (Fsp3) is 0.500. The van der Waals surface area contributed by atoms with Crippen molar-refractivity contribution in [2.45, 2.75) is 52.1 Å². The van der Waals surface area contributed by atoms with Gasteiger partial charge in [0.15, 0.2) is 0 Å². The van der Waals surface area contributed by atoms with Crippen LogP contribution in [0.5, 0.6) is 0 Å². The van der Waals surface area contributed by atoms with Gasteiger partial charge >= 0.3 is 0 Å². The fourth-order valence-corrected chi connectivity index (χ4v) is 5.20. The van der Waals surface area contributed by atoms with Crippen molar-refractivity contribution in [2.75, 3.05) is 38.0 Å². The number of carbonyl (C=O) groups is 2. The summed E-state index contributed by atoms with van der Waals surface area (Å²) in [4.78, 5) is 30.0. The van der Waals surface area contributed by atoms with Crippen molar-refractivity contribution < 1.29 is 9.59 Å². The number of hydrogen-bond acceptors (Lipinski definition) is 4. The Morgan fingerprint density at radius 3 is 2.12 bits per heavy atom. The number of likely N-dealkylation sites (tertiary alicyclic amines) is 2. The molecule has 6 nitrogen and oxygen atoms in total. The maximum Gasteiger partial charge on any atom is 0.238 e. The molecular weight excluding hydrogens is 424 g/mol. The molecule has 0 unspecified atom stereocenters. The van der Waals surface area contributed by atoms with E-state index in [2.05, 4.69) is 56.8 Å². The molecule has 0 spiro atoms. The number of aryl methyl sites for hydroxylation is 2. The van der Waals surface area contributed by atoms with E-state index in [-0.39, 0.29) is 23.8 Å². The van der Waals surface area contributed by atoms with Gasteiger partial charge in [0, 0.05) is 37.3 Å². The van der Waals surface area contributed by atoms with Gasteiger partial charge in [0.05, 0.1) is 6.54 Å². The van der Waals surface area contributed by atoms with E-state index in [1.165, 1.54) is 5.56 Å². The van der Waals surface area contributed by atoms with Crippen LogP contribution in [0.15, 0.2) is 48.5 Å². The van der Waals surface area contributed by atoms with Gasteiger partial charge in [-0.1, -0.05) is 36.4 Å². The van der Waals surface area contributed by atoms with Crippen LogP contribution in [0.1, 0.15) is 42.4 Å². The third kappa shape index (κ3) is 7.15. The van der Waals surface area contributed by atoms with Crippen molar-refractivity contribution in [3.05, 3.63) is 65.2 Å². The summed E-state index contributed by atoms with van der Waals surface area (Å²) in [6, 6.07) is 16.9. The zero-order valence-electron chi connectivity index (χ0n) is 20.6. The standard InChI is InChI=1S/C28H38N4O2/c1-21-16-22(2)18-26(17-21)29-27(33)20-32-12-8-24(9-13-32)28(34)30-25-10-14-31(15-11-25)19-23-6-4-3-5-7-23/h3-7,16-18,24-25H,8-15,19-20H2,1-2H3,(H,29,33)(H,30,34). The van der Waals surface area contributed by atoms with E-state index in [4.69, 9.17) is 0 Å². The van der Waals surface area contributed by atoms with Crippen LogP contribution in [-0.4, -0.2) is 60.4 Å². The van der Waals surface area contributed by atoms with E-state index >= 15 is 0 Å². The summed E-state index contributed by atoms with van der Waals surface area (Å²) < 4.78 is 0. The monoisotopic (exact) mass is 462 g/mol. The molecule has 182 valence electrons. The Kier molecular flexibility index (Phi) is 8.35. The Bertz CT molecular complexity index is 941.